The van der Waals surface area contributed by atoms with E-state index in [9.17, 15) is 24.0 Å². The van der Waals surface area contributed by atoms with Crippen LogP contribution in [0.25, 0.3) is 0 Å². The van der Waals surface area contributed by atoms with Crippen molar-refractivity contribution in [2.45, 2.75) is 0 Å². The van der Waals surface area contributed by atoms with Gasteiger partial charge in [-0.3, -0.25) is 24.0 Å². The molecule has 0 radical (unpaired) electrons. The fraction of sp³-hybridized carbons (Fsp3) is 0. The molecule has 0 spiro atoms. The molecule has 0 saturated carbocycles. The van der Waals surface area contributed by atoms with Gasteiger partial charge in [0.2, 0.25) is 0 Å². The summed E-state index contributed by atoms with van der Waals surface area (Å²) in [7, 11) is 0. The maximum absolute atomic E-state index is 12.4. The van der Waals surface area contributed by atoms with E-state index in [1.54, 1.807) is 0 Å². The lowest BCUT2D eigenvalue weighted by atomic mass is 9.92. The molecule has 0 fully saturated rings. The van der Waals surface area contributed by atoms with Gasteiger partial charge in [-0.05, 0) is 6.07 Å². The van der Waals surface area contributed by atoms with Crippen LogP contribution in [0, 0.1) is 0 Å². The van der Waals surface area contributed by atoms with Gasteiger partial charge in [0.25, 0.3) is 0 Å². The lowest BCUT2D eigenvalue weighted by Gasteiger charge is -2.08. The molecule has 0 aromatic heterocycles. The Bertz CT molecular complexity index is 772. The average Bonchev–Trinajstić information content (AvgIpc) is 2.59. The lowest BCUT2D eigenvalue weighted by molar-refractivity contribution is 0.102. The van der Waals surface area contributed by atoms with Crippen molar-refractivity contribution in [1.82, 2.24) is 0 Å². The van der Waals surface area contributed by atoms with E-state index in [2.05, 4.69) is 0 Å². The van der Waals surface area contributed by atoms with E-state index in [4.69, 9.17) is 0 Å². The van der Waals surface area contributed by atoms with Crippen molar-refractivity contribution in [3.8, 4) is 0 Å². The van der Waals surface area contributed by atoms with E-state index < -0.39 is 5.78 Å². The number of hydrogen-bond acceptors (Lipinski definition) is 5. The summed E-state index contributed by atoms with van der Waals surface area (Å²) >= 11 is 0. The molecule has 0 aliphatic heterocycles. The highest BCUT2D eigenvalue weighted by atomic mass is 16.1. The predicted octanol–water partition coefficient (Wildman–Crippen LogP) is 2.17. The van der Waals surface area contributed by atoms with Gasteiger partial charge in [-0.1, -0.05) is 30.3 Å². The van der Waals surface area contributed by atoms with Crippen LogP contribution in [0.2, 0.25) is 0 Å². The van der Waals surface area contributed by atoms with Crippen LogP contribution in [0.15, 0.2) is 36.4 Å². The second-order valence-corrected chi connectivity index (χ2v) is 4.45. The minimum absolute atomic E-state index is 0.0292. The van der Waals surface area contributed by atoms with Crippen LogP contribution in [0.5, 0.6) is 0 Å². The van der Waals surface area contributed by atoms with Crippen molar-refractivity contribution in [1.29, 1.82) is 0 Å². The summed E-state index contributed by atoms with van der Waals surface area (Å²) in [5.41, 5.74) is 0.525. The number of hydrogen-bond donors (Lipinski definition) is 0. The maximum Gasteiger partial charge on any atom is 0.193 e. The van der Waals surface area contributed by atoms with Crippen LogP contribution in [-0.4, -0.2) is 30.9 Å². The third kappa shape index (κ3) is 2.64. The van der Waals surface area contributed by atoms with E-state index in [-0.39, 0.29) is 27.8 Å². The molecular weight excluding hydrogens is 284 g/mol. The number of carbonyl (C=O) groups is 5. The summed E-state index contributed by atoms with van der Waals surface area (Å²) in [6, 6.07) is 8.50. The fourth-order valence-corrected chi connectivity index (χ4v) is 2.08. The molecule has 5 nitrogen and oxygen atoms in total. The second kappa shape index (κ2) is 6.49. The third-order valence-corrected chi connectivity index (χ3v) is 3.24. The molecule has 5 heteroatoms. The number of aldehydes is 4. The minimum atomic E-state index is -0.472. The first-order valence-electron chi connectivity index (χ1n) is 6.28. The molecule has 0 saturated heterocycles. The first-order valence-corrected chi connectivity index (χ1v) is 6.28. The van der Waals surface area contributed by atoms with Gasteiger partial charge >= 0.3 is 0 Å². The summed E-state index contributed by atoms with van der Waals surface area (Å²) in [5.74, 6) is -0.472. The van der Waals surface area contributed by atoms with Crippen LogP contribution in [0.1, 0.15) is 57.4 Å². The highest BCUT2D eigenvalue weighted by molar-refractivity contribution is 6.15. The van der Waals surface area contributed by atoms with Crippen LogP contribution in [0.4, 0.5) is 0 Å². The number of rotatable bonds is 6. The Kier molecular flexibility index (Phi) is 4.48. The first-order chi connectivity index (χ1) is 10.7. The molecule has 0 heterocycles. The Morgan fingerprint density at radius 1 is 0.682 bits per heavy atom. The summed E-state index contributed by atoms with van der Waals surface area (Å²) in [5, 5.41) is 0. The molecule has 22 heavy (non-hydrogen) atoms. The highest BCUT2D eigenvalue weighted by Crippen LogP contribution is 2.19. The molecule has 0 atom stereocenters. The monoisotopic (exact) mass is 294 g/mol. The smallest absolute Gasteiger partial charge is 0.193 e. The van der Waals surface area contributed by atoms with Crippen LogP contribution < -0.4 is 0 Å². The molecule has 0 bridgehead atoms. The molecule has 0 N–H and O–H groups in total. The molecule has 2 aromatic rings. The molecule has 0 aliphatic carbocycles. The first kappa shape index (κ1) is 15.2. The van der Waals surface area contributed by atoms with Crippen LogP contribution in [-0.2, 0) is 0 Å². The van der Waals surface area contributed by atoms with Crippen LogP contribution >= 0.6 is 0 Å². The average molecular weight is 294 g/mol. The molecule has 2 aromatic carbocycles. The second-order valence-electron chi connectivity index (χ2n) is 4.45. The molecule has 2 rings (SSSR count). The van der Waals surface area contributed by atoms with Gasteiger partial charge in [-0.25, -0.2) is 0 Å². The molecule has 0 unspecified atom stereocenters. The molecule has 0 aliphatic rings. The predicted molar refractivity (Wildman–Crippen MR) is 77.9 cm³/mol. The quantitative estimate of drug-likeness (QED) is 0.602. The van der Waals surface area contributed by atoms with Crippen molar-refractivity contribution in [3.63, 3.8) is 0 Å². The van der Waals surface area contributed by atoms with E-state index >= 15 is 0 Å². The summed E-state index contributed by atoms with van der Waals surface area (Å²) in [6.45, 7) is 0. The minimum Gasteiger partial charge on any atom is -0.298 e. The zero-order chi connectivity index (χ0) is 16.1. The molecular formula is C17H10O5. The van der Waals surface area contributed by atoms with Gasteiger partial charge in [0.05, 0.1) is 0 Å². The molecule has 0 amide bonds. The Balaban J connectivity index is 2.57. The van der Waals surface area contributed by atoms with Crippen molar-refractivity contribution in [2.75, 3.05) is 0 Å². The zero-order valence-corrected chi connectivity index (χ0v) is 11.3. The largest absolute Gasteiger partial charge is 0.298 e. The SMILES string of the molecule is O=Cc1ccc(C(=O)c2ccc(C=O)c(C=O)c2C=O)cc1. The lowest BCUT2D eigenvalue weighted by Crippen LogP contribution is -2.09. The summed E-state index contributed by atoms with van der Waals surface area (Å²) in [4.78, 5) is 56.3. The highest BCUT2D eigenvalue weighted by Gasteiger charge is 2.18. The number of benzene rings is 2. The van der Waals surface area contributed by atoms with Crippen molar-refractivity contribution in [3.05, 3.63) is 69.8 Å². The van der Waals surface area contributed by atoms with E-state index in [1.165, 1.54) is 36.4 Å². The normalized spacial score (nSPS) is 9.82. The van der Waals surface area contributed by atoms with Crippen molar-refractivity contribution < 1.29 is 24.0 Å². The van der Waals surface area contributed by atoms with Crippen molar-refractivity contribution in [2.24, 2.45) is 0 Å². The number of ketones is 1. The Labute approximate surface area is 125 Å². The Hall–Kier alpha value is -3.21. The third-order valence-electron chi connectivity index (χ3n) is 3.24. The fourth-order valence-electron chi connectivity index (χ4n) is 2.08. The van der Waals surface area contributed by atoms with Gasteiger partial charge in [-0.15, -0.1) is 0 Å². The summed E-state index contributed by atoms with van der Waals surface area (Å²) < 4.78 is 0. The Morgan fingerprint density at radius 2 is 1.32 bits per heavy atom. The van der Waals surface area contributed by atoms with Gasteiger partial charge in [0.15, 0.2) is 24.6 Å². The zero-order valence-electron chi connectivity index (χ0n) is 11.3. The topological polar surface area (TPSA) is 85.3 Å². The van der Waals surface area contributed by atoms with E-state index in [1.807, 2.05) is 0 Å². The molecule has 108 valence electrons. The standard InChI is InChI=1S/C17H10O5/c18-7-11-1-3-12(4-2-11)17(22)14-6-5-13(8-19)15(9-20)16(14)10-21/h1-10H. The van der Waals surface area contributed by atoms with E-state index in [0.29, 0.717) is 30.7 Å². The van der Waals surface area contributed by atoms with Crippen molar-refractivity contribution >= 4 is 30.9 Å². The van der Waals surface area contributed by atoms with Gasteiger partial charge in [-0.2, -0.15) is 0 Å². The van der Waals surface area contributed by atoms with Crippen LogP contribution in [0.3, 0.4) is 0 Å². The summed E-state index contributed by atoms with van der Waals surface area (Å²) in [6.07, 6.45) is 1.85. The van der Waals surface area contributed by atoms with Gasteiger partial charge in [0, 0.05) is 33.4 Å². The number of carbonyl (C=O) groups excluding carboxylic acids is 5. The Morgan fingerprint density at radius 3 is 1.82 bits per heavy atom. The maximum atomic E-state index is 12.4. The van der Waals surface area contributed by atoms with Gasteiger partial charge in [0.1, 0.15) is 6.29 Å². The van der Waals surface area contributed by atoms with E-state index in [0.717, 1.165) is 0 Å². The van der Waals surface area contributed by atoms with Gasteiger partial charge < -0.3 is 0 Å².